The first-order valence-electron chi connectivity index (χ1n) is 46.2. The lowest BCUT2D eigenvalue weighted by Crippen LogP contribution is -2.37. The van der Waals surface area contributed by atoms with Gasteiger partial charge in [-0.05, 0) is 51.4 Å². The van der Waals surface area contributed by atoms with Crippen molar-refractivity contribution in [2.75, 3.05) is 47.5 Å². The molecule has 0 aromatic carbocycles. The SMILES string of the molecule is CCCCCCC/C=C\C/C=C\C/C=C\CCCCCCCCCCCCCCCCCCCCCCCCCCC(=O)OC(COC(=O)CCCCCCCCCCCCCCCCCCCCCCCCCCCCCCCCCCCCCCCCCC)COP(=O)(O)OCC[N+](C)(C)C. The van der Waals surface area contributed by atoms with Crippen LogP contribution >= 0.6 is 7.82 Å². The van der Waals surface area contributed by atoms with Gasteiger partial charge in [0.1, 0.15) is 19.8 Å². The molecule has 0 amide bonds. The predicted octanol–water partition coefficient (Wildman–Crippen LogP) is 31.2. The van der Waals surface area contributed by atoms with E-state index < -0.39 is 26.5 Å². The second kappa shape index (κ2) is 84.3. The van der Waals surface area contributed by atoms with Gasteiger partial charge in [-0.25, -0.2) is 4.57 Å². The van der Waals surface area contributed by atoms with Gasteiger partial charge in [-0.1, -0.05) is 468 Å². The summed E-state index contributed by atoms with van der Waals surface area (Å²) in [6, 6.07) is 0. The van der Waals surface area contributed by atoms with Crippen molar-refractivity contribution in [3.8, 4) is 0 Å². The van der Waals surface area contributed by atoms with Gasteiger partial charge in [0, 0.05) is 12.8 Å². The third-order valence-corrected chi connectivity index (χ3v) is 22.4. The molecule has 103 heavy (non-hydrogen) atoms. The fourth-order valence-electron chi connectivity index (χ4n) is 14.4. The number of phosphoric acid groups is 1. The highest BCUT2D eigenvalue weighted by Crippen LogP contribution is 2.43. The Hall–Kier alpha value is -1.77. The normalized spacial score (nSPS) is 13.0. The minimum Gasteiger partial charge on any atom is -0.462 e. The van der Waals surface area contributed by atoms with Crippen LogP contribution in [0.1, 0.15) is 495 Å². The first kappa shape index (κ1) is 101. The summed E-state index contributed by atoms with van der Waals surface area (Å²) in [7, 11) is 1.51. The Balaban J connectivity index is 3.82. The minimum atomic E-state index is -4.40. The molecule has 0 saturated carbocycles. The van der Waals surface area contributed by atoms with Crippen molar-refractivity contribution in [3.05, 3.63) is 36.5 Å². The van der Waals surface area contributed by atoms with Crippen molar-refractivity contribution in [1.82, 2.24) is 0 Å². The number of phosphoric ester groups is 1. The van der Waals surface area contributed by atoms with Crippen molar-refractivity contribution in [2.24, 2.45) is 0 Å². The number of nitrogens with zero attached hydrogens (tertiary/aromatic N) is 1. The molecule has 0 fully saturated rings. The van der Waals surface area contributed by atoms with Gasteiger partial charge in [0.2, 0.25) is 0 Å². The van der Waals surface area contributed by atoms with Crippen LogP contribution in [0.25, 0.3) is 0 Å². The zero-order chi connectivity index (χ0) is 74.7. The average molecular weight is 1470 g/mol. The van der Waals surface area contributed by atoms with Crippen LogP contribution in [0.15, 0.2) is 36.5 Å². The molecule has 0 saturated heterocycles. The molecule has 0 bridgehead atoms. The molecule has 0 heterocycles. The Morgan fingerprint density at radius 2 is 0.524 bits per heavy atom. The average Bonchev–Trinajstić information content (AvgIpc) is 1.01. The standard InChI is InChI=1S/C93H180NO8P/c1-6-8-10-12-14-16-18-20-22-24-26-28-30-32-34-36-38-40-42-44-46-48-49-51-53-55-57-59-61-63-65-67-69-71-73-75-77-79-81-83-85-92(95)99-89-91(90-101-103(97,98)100-88-87-94(3,4)5)102-93(96)86-84-82-80-78-76-74-72-70-68-66-64-62-60-58-56-54-52-50-47-45-43-41-39-37-35-33-31-29-27-25-23-21-19-17-15-13-11-9-7-2/h19,21,25,27,31,33,91H,6-18,20,22-24,26,28-30,32,34-90H2,1-5H3/p+1/b21-19-,27-25-,33-31-. The van der Waals surface area contributed by atoms with E-state index >= 15 is 0 Å². The van der Waals surface area contributed by atoms with E-state index in [1.807, 2.05) is 21.1 Å². The number of allylic oxidation sites excluding steroid dienone is 6. The lowest BCUT2D eigenvalue weighted by atomic mass is 10.0. The molecular formula is C93H181NO8P+. The van der Waals surface area contributed by atoms with E-state index in [1.54, 1.807) is 0 Å². The van der Waals surface area contributed by atoms with Crippen molar-refractivity contribution < 1.29 is 42.1 Å². The zero-order valence-corrected chi connectivity index (χ0v) is 71.0. The van der Waals surface area contributed by atoms with Crippen molar-refractivity contribution in [1.29, 1.82) is 0 Å². The lowest BCUT2D eigenvalue weighted by molar-refractivity contribution is -0.870. The van der Waals surface area contributed by atoms with Crippen LogP contribution in [0.3, 0.4) is 0 Å². The van der Waals surface area contributed by atoms with E-state index in [0.717, 1.165) is 51.4 Å². The highest BCUT2D eigenvalue weighted by molar-refractivity contribution is 7.47. The molecule has 0 rings (SSSR count). The largest absolute Gasteiger partial charge is 0.472 e. The smallest absolute Gasteiger partial charge is 0.462 e. The Morgan fingerprint density at radius 1 is 0.301 bits per heavy atom. The number of hydrogen-bond donors (Lipinski definition) is 1. The second-order valence-corrected chi connectivity index (χ2v) is 34.5. The van der Waals surface area contributed by atoms with E-state index in [9.17, 15) is 19.0 Å². The number of rotatable bonds is 88. The topological polar surface area (TPSA) is 108 Å². The van der Waals surface area contributed by atoms with E-state index in [0.29, 0.717) is 17.4 Å². The van der Waals surface area contributed by atoms with Gasteiger partial charge < -0.3 is 18.9 Å². The zero-order valence-electron chi connectivity index (χ0n) is 70.1. The van der Waals surface area contributed by atoms with Gasteiger partial charge in [-0.3, -0.25) is 18.6 Å². The lowest BCUT2D eigenvalue weighted by Gasteiger charge is -2.24. The van der Waals surface area contributed by atoms with Crippen molar-refractivity contribution >= 4 is 19.8 Å². The summed E-state index contributed by atoms with van der Waals surface area (Å²) in [5, 5.41) is 0. The number of likely N-dealkylation sites (N-methyl/N-ethyl adjacent to an activating group) is 1. The molecule has 2 unspecified atom stereocenters. The molecule has 0 aliphatic carbocycles. The van der Waals surface area contributed by atoms with Crippen molar-refractivity contribution in [3.63, 3.8) is 0 Å². The van der Waals surface area contributed by atoms with Gasteiger partial charge >= 0.3 is 19.8 Å². The Kier molecular flexibility index (Phi) is 82.8. The Morgan fingerprint density at radius 3 is 0.777 bits per heavy atom. The molecule has 1 N–H and O–H groups in total. The van der Waals surface area contributed by atoms with Crippen LogP contribution in [-0.2, 0) is 32.7 Å². The molecule has 0 aromatic rings. The van der Waals surface area contributed by atoms with Gasteiger partial charge in [0.15, 0.2) is 6.10 Å². The third kappa shape index (κ3) is 89.0. The number of carbonyl (C=O) groups excluding carboxylic acids is 2. The fraction of sp³-hybridized carbons (Fsp3) is 0.914. The van der Waals surface area contributed by atoms with Crippen LogP contribution in [0, 0.1) is 0 Å². The van der Waals surface area contributed by atoms with Gasteiger partial charge in [0.05, 0.1) is 27.7 Å². The van der Waals surface area contributed by atoms with Crippen LogP contribution < -0.4 is 0 Å². The monoisotopic (exact) mass is 1470 g/mol. The predicted molar refractivity (Wildman–Crippen MR) is 451 cm³/mol. The number of quaternary nitrogens is 1. The Labute approximate surface area is 643 Å². The maximum absolute atomic E-state index is 13.0. The Bertz CT molecular complexity index is 1830. The van der Waals surface area contributed by atoms with E-state index in [-0.39, 0.29) is 25.6 Å². The van der Waals surface area contributed by atoms with Crippen LogP contribution in [0.5, 0.6) is 0 Å². The first-order chi connectivity index (χ1) is 50.5. The minimum absolute atomic E-state index is 0.0360. The highest BCUT2D eigenvalue weighted by Gasteiger charge is 2.27. The number of unbranched alkanes of at least 4 members (excludes halogenated alkanes) is 68. The fourth-order valence-corrected chi connectivity index (χ4v) is 15.1. The van der Waals surface area contributed by atoms with Crippen molar-refractivity contribution in [2.45, 2.75) is 502 Å². The van der Waals surface area contributed by atoms with Gasteiger partial charge in [-0.2, -0.15) is 0 Å². The molecule has 0 aromatic heterocycles. The van der Waals surface area contributed by atoms with E-state index in [2.05, 4.69) is 50.3 Å². The first-order valence-corrected chi connectivity index (χ1v) is 47.7. The molecule has 0 spiro atoms. The molecule has 9 nitrogen and oxygen atoms in total. The number of hydrogen-bond acceptors (Lipinski definition) is 7. The van der Waals surface area contributed by atoms with Crippen LogP contribution in [0.4, 0.5) is 0 Å². The summed E-state index contributed by atoms with van der Waals surface area (Å²) in [6.45, 7) is 4.52. The third-order valence-electron chi connectivity index (χ3n) is 21.4. The summed E-state index contributed by atoms with van der Waals surface area (Å²) in [4.78, 5) is 36.1. The number of ether oxygens (including phenoxy) is 2. The summed E-state index contributed by atoms with van der Waals surface area (Å²) < 4.78 is 34.9. The molecule has 0 radical (unpaired) electrons. The van der Waals surface area contributed by atoms with Gasteiger partial charge in [0.25, 0.3) is 0 Å². The molecule has 0 aliphatic rings. The molecule has 0 aliphatic heterocycles. The second-order valence-electron chi connectivity index (χ2n) is 33.1. The maximum Gasteiger partial charge on any atom is 0.472 e. The summed E-state index contributed by atoms with van der Waals surface area (Å²) in [6.07, 6.45) is 112. The van der Waals surface area contributed by atoms with E-state index in [4.69, 9.17) is 18.5 Å². The number of esters is 2. The molecular weight excluding hydrogens is 1290 g/mol. The highest BCUT2D eigenvalue weighted by atomic mass is 31.2. The molecule has 610 valence electrons. The number of carbonyl (C=O) groups is 2. The molecule has 2 atom stereocenters. The van der Waals surface area contributed by atoms with Gasteiger partial charge in [-0.15, -0.1) is 0 Å². The maximum atomic E-state index is 13.0. The van der Waals surface area contributed by atoms with Crippen LogP contribution in [-0.4, -0.2) is 74.9 Å². The quantitative estimate of drug-likeness (QED) is 0.0211. The summed E-state index contributed by atoms with van der Waals surface area (Å²) in [5.41, 5.74) is 0. The summed E-state index contributed by atoms with van der Waals surface area (Å²) >= 11 is 0. The van der Waals surface area contributed by atoms with Crippen LogP contribution in [0.2, 0.25) is 0 Å². The molecule has 10 heteroatoms. The summed E-state index contributed by atoms with van der Waals surface area (Å²) in [5.74, 6) is -0.766. The van der Waals surface area contributed by atoms with E-state index in [1.165, 1.54) is 417 Å².